The monoisotopic (exact) mass is 306 g/mol. The number of ether oxygens (including phenoxy) is 5. The van der Waals surface area contributed by atoms with Crippen LogP contribution in [0.1, 0.15) is 26.7 Å². The summed E-state index contributed by atoms with van der Waals surface area (Å²) in [5, 5.41) is 19.6. The molecule has 21 heavy (non-hydrogen) atoms. The van der Waals surface area contributed by atoms with Crippen molar-refractivity contribution in [3.63, 3.8) is 0 Å². The maximum atomic E-state index is 9.96. The topological polar surface area (TPSA) is 86.6 Å². The Bertz CT molecular complexity index is 326. The van der Waals surface area contributed by atoms with Gasteiger partial charge in [0, 0.05) is 27.1 Å². The van der Waals surface area contributed by atoms with Crippen molar-refractivity contribution >= 4 is 0 Å². The summed E-state index contributed by atoms with van der Waals surface area (Å²) in [5.41, 5.74) is 0. The molecule has 0 amide bonds. The minimum Gasteiger partial charge on any atom is -0.388 e. The highest BCUT2D eigenvalue weighted by atomic mass is 16.7. The number of aliphatic hydroxyl groups excluding tert-OH is 2. The minimum atomic E-state index is -0.843. The lowest BCUT2D eigenvalue weighted by Crippen LogP contribution is -2.54. The highest BCUT2D eigenvalue weighted by Crippen LogP contribution is 2.29. The third-order valence-electron chi connectivity index (χ3n) is 4.20. The van der Waals surface area contributed by atoms with Crippen LogP contribution in [0.25, 0.3) is 0 Å². The van der Waals surface area contributed by atoms with Crippen molar-refractivity contribution < 1.29 is 33.9 Å². The molecular formula is C14H26O7. The number of hydrogen-bond donors (Lipinski definition) is 2. The fourth-order valence-electron chi connectivity index (χ4n) is 2.95. The zero-order chi connectivity index (χ0) is 15.6. The summed E-state index contributed by atoms with van der Waals surface area (Å²) in [4.78, 5) is 0. The average molecular weight is 306 g/mol. The second kappa shape index (κ2) is 7.32. The summed E-state index contributed by atoms with van der Waals surface area (Å²) in [6, 6.07) is 0. The van der Waals surface area contributed by atoms with Crippen LogP contribution in [0.3, 0.4) is 0 Å². The molecule has 8 atom stereocenters. The van der Waals surface area contributed by atoms with Gasteiger partial charge < -0.3 is 33.9 Å². The molecule has 0 bridgehead atoms. The molecule has 0 aromatic heterocycles. The van der Waals surface area contributed by atoms with Crippen molar-refractivity contribution in [1.82, 2.24) is 0 Å². The third-order valence-corrected chi connectivity index (χ3v) is 4.20. The van der Waals surface area contributed by atoms with Gasteiger partial charge in [0.15, 0.2) is 12.6 Å². The van der Waals surface area contributed by atoms with Gasteiger partial charge in [-0.3, -0.25) is 0 Å². The molecule has 2 heterocycles. The van der Waals surface area contributed by atoms with Crippen LogP contribution in [0.2, 0.25) is 0 Å². The van der Waals surface area contributed by atoms with Crippen molar-refractivity contribution in [2.45, 2.75) is 75.9 Å². The van der Waals surface area contributed by atoms with Crippen LogP contribution < -0.4 is 0 Å². The molecule has 2 rings (SSSR count). The number of aliphatic hydroxyl groups is 2. The molecule has 2 fully saturated rings. The number of rotatable bonds is 4. The normalized spacial score (nSPS) is 48.3. The minimum absolute atomic E-state index is 0.268. The molecule has 1 unspecified atom stereocenters. The quantitative estimate of drug-likeness (QED) is 0.757. The molecule has 7 heteroatoms. The molecule has 124 valence electrons. The van der Waals surface area contributed by atoms with Gasteiger partial charge in [-0.25, -0.2) is 0 Å². The van der Waals surface area contributed by atoms with Gasteiger partial charge in [0.25, 0.3) is 0 Å². The van der Waals surface area contributed by atoms with Crippen LogP contribution in [0, 0.1) is 0 Å². The van der Waals surface area contributed by atoms with Crippen LogP contribution in [0.15, 0.2) is 0 Å². The summed E-state index contributed by atoms with van der Waals surface area (Å²) in [7, 11) is 3.14. The molecular weight excluding hydrogens is 280 g/mol. The van der Waals surface area contributed by atoms with Gasteiger partial charge in [-0.15, -0.1) is 0 Å². The predicted molar refractivity (Wildman–Crippen MR) is 72.6 cm³/mol. The second-order valence-corrected chi connectivity index (χ2v) is 5.68. The summed E-state index contributed by atoms with van der Waals surface area (Å²) in [6.45, 7) is 3.61. The molecule has 0 radical (unpaired) electrons. The van der Waals surface area contributed by atoms with E-state index >= 15 is 0 Å². The molecule has 0 aliphatic carbocycles. The van der Waals surface area contributed by atoms with Gasteiger partial charge in [-0.1, -0.05) is 0 Å². The van der Waals surface area contributed by atoms with Crippen molar-refractivity contribution in [2.24, 2.45) is 0 Å². The van der Waals surface area contributed by atoms with Gasteiger partial charge in [0.2, 0.25) is 0 Å². The number of hydrogen-bond acceptors (Lipinski definition) is 7. The van der Waals surface area contributed by atoms with E-state index in [0.29, 0.717) is 12.8 Å². The Kier molecular flexibility index (Phi) is 5.96. The lowest BCUT2D eigenvalue weighted by atomic mass is 10.0. The summed E-state index contributed by atoms with van der Waals surface area (Å²) in [6.07, 6.45) is -2.86. The largest absolute Gasteiger partial charge is 0.388 e. The predicted octanol–water partition coefficient (Wildman–Crippen LogP) is 0.0246. The molecule has 7 nitrogen and oxygen atoms in total. The molecule has 0 saturated carbocycles. The van der Waals surface area contributed by atoms with Gasteiger partial charge in [0.1, 0.15) is 12.2 Å². The molecule has 2 aliphatic rings. The Labute approximate surface area is 125 Å². The van der Waals surface area contributed by atoms with Gasteiger partial charge in [-0.2, -0.15) is 0 Å². The van der Waals surface area contributed by atoms with Crippen LogP contribution in [0.5, 0.6) is 0 Å². The summed E-state index contributed by atoms with van der Waals surface area (Å²) in [5.74, 6) is 0. The van der Waals surface area contributed by atoms with E-state index in [0.717, 1.165) is 0 Å². The van der Waals surface area contributed by atoms with E-state index in [9.17, 15) is 10.2 Å². The standard InChI is InChI=1S/C14H26O7/c1-7-13(16)9(17-3)6-12(20-7)21-14-8(2)19-11(15)5-10(14)18-4/h7-16H,5-6H2,1-4H3/t7-,8-,9?,10-,11+,12-,13-,14-/m0/s1. The summed E-state index contributed by atoms with van der Waals surface area (Å²) >= 11 is 0. The first-order valence-corrected chi connectivity index (χ1v) is 7.34. The smallest absolute Gasteiger partial charge is 0.161 e. The molecule has 2 aliphatic heterocycles. The van der Waals surface area contributed by atoms with E-state index in [1.165, 1.54) is 0 Å². The highest BCUT2D eigenvalue weighted by molar-refractivity contribution is 4.86. The van der Waals surface area contributed by atoms with Crippen LogP contribution in [0.4, 0.5) is 0 Å². The Morgan fingerprint density at radius 1 is 0.905 bits per heavy atom. The molecule has 0 spiro atoms. The van der Waals surface area contributed by atoms with Crippen LogP contribution >= 0.6 is 0 Å². The highest BCUT2D eigenvalue weighted by Gasteiger charge is 2.42. The lowest BCUT2D eigenvalue weighted by molar-refractivity contribution is -0.310. The Morgan fingerprint density at radius 2 is 1.57 bits per heavy atom. The van der Waals surface area contributed by atoms with Gasteiger partial charge in [-0.05, 0) is 13.8 Å². The zero-order valence-corrected chi connectivity index (χ0v) is 13.0. The Balaban J connectivity index is 1.99. The molecule has 0 aromatic carbocycles. The van der Waals surface area contributed by atoms with Crippen molar-refractivity contribution in [3.8, 4) is 0 Å². The first kappa shape index (κ1) is 17.1. The first-order valence-electron chi connectivity index (χ1n) is 7.34. The second-order valence-electron chi connectivity index (χ2n) is 5.68. The maximum absolute atomic E-state index is 9.96. The molecule has 2 N–H and O–H groups in total. The number of methoxy groups -OCH3 is 2. The third kappa shape index (κ3) is 3.92. The van der Waals surface area contributed by atoms with Gasteiger partial charge in [0.05, 0.1) is 24.4 Å². The van der Waals surface area contributed by atoms with Crippen molar-refractivity contribution in [3.05, 3.63) is 0 Å². The van der Waals surface area contributed by atoms with Crippen molar-refractivity contribution in [1.29, 1.82) is 0 Å². The van der Waals surface area contributed by atoms with E-state index in [4.69, 9.17) is 23.7 Å². The maximum Gasteiger partial charge on any atom is 0.161 e. The van der Waals surface area contributed by atoms with Crippen molar-refractivity contribution in [2.75, 3.05) is 14.2 Å². The molecule has 0 aromatic rings. The van der Waals surface area contributed by atoms with E-state index in [2.05, 4.69) is 0 Å². The van der Waals surface area contributed by atoms with E-state index in [1.54, 1.807) is 21.1 Å². The Morgan fingerprint density at radius 3 is 2.19 bits per heavy atom. The zero-order valence-electron chi connectivity index (χ0n) is 13.0. The van der Waals surface area contributed by atoms with E-state index in [-0.39, 0.29) is 30.5 Å². The van der Waals surface area contributed by atoms with Crippen LogP contribution in [-0.4, -0.2) is 73.6 Å². The first-order chi connectivity index (χ1) is 9.96. The SMILES string of the molecule is COC1C[C@H](O[C@H]2[C@H](C)O[C@@H](O)C[C@@H]2OC)O[C@@H](C)[C@@H]1O. The Hall–Kier alpha value is -0.280. The summed E-state index contributed by atoms with van der Waals surface area (Å²) < 4.78 is 27.7. The van der Waals surface area contributed by atoms with E-state index < -0.39 is 18.7 Å². The van der Waals surface area contributed by atoms with Gasteiger partial charge >= 0.3 is 0 Å². The lowest BCUT2D eigenvalue weighted by Gasteiger charge is -2.42. The average Bonchev–Trinajstić information content (AvgIpc) is 2.45. The van der Waals surface area contributed by atoms with Crippen LogP contribution in [-0.2, 0) is 23.7 Å². The fourth-order valence-corrected chi connectivity index (χ4v) is 2.95. The fraction of sp³-hybridized carbons (Fsp3) is 1.00. The van der Waals surface area contributed by atoms with E-state index in [1.807, 2.05) is 6.92 Å². The molecule has 2 saturated heterocycles.